The molecule has 0 aliphatic carbocycles. The summed E-state index contributed by atoms with van der Waals surface area (Å²) in [5, 5.41) is 3.23. The van der Waals surface area contributed by atoms with Crippen molar-refractivity contribution in [2.75, 3.05) is 34.6 Å². The third-order valence-electron chi connectivity index (χ3n) is 7.79. The second-order valence-electron chi connectivity index (χ2n) is 9.82. The standard InChI is InChI=1S/C30H27NO7S/c1-31-11-10-16-12-21-28(37-15-36-21)29(34-3)23(16)25(31)26-19-8-9-20(33-2)27(24(19)30(32)38-26)35-13-17-14-39-22-7-5-4-6-18(17)22/h4-9,12,14,25-26H,10-11,13,15H2,1-3H3/t25-,26+/m1/s1. The molecule has 1 aromatic heterocycles. The van der Waals surface area contributed by atoms with Gasteiger partial charge in [0.25, 0.3) is 0 Å². The monoisotopic (exact) mass is 545 g/mol. The zero-order valence-corrected chi connectivity index (χ0v) is 22.6. The summed E-state index contributed by atoms with van der Waals surface area (Å²) in [4.78, 5) is 15.7. The normalized spacial score (nSPS) is 19.5. The number of esters is 1. The Kier molecular flexibility index (Phi) is 5.79. The van der Waals surface area contributed by atoms with E-state index in [0.29, 0.717) is 40.9 Å². The number of carbonyl (C=O) groups excluding carboxylic acids is 1. The van der Waals surface area contributed by atoms with E-state index in [1.807, 2.05) is 37.4 Å². The van der Waals surface area contributed by atoms with Gasteiger partial charge in [-0.05, 0) is 48.0 Å². The Labute approximate surface area is 229 Å². The second kappa shape index (κ2) is 9.36. The van der Waals surface area contributed by atoms with E-state index < -0.39 is 12.1 Å². The lowest BCUT2D eigenvalue weighted by Crippen LogP contribution is -2.36. The molecule has 0 saturated carbocycles. The minimum absolute atomic E-state index is 0.149. The molecule has 0 spiro atoms. The lowest BCUT2D eigenvalue weighted by atomic mass is 9.85. The molecular formula is C30H27NO7S. The Morgan fingerprint density at radius 1 is 1.08 bits per heavy atom. The van der Waals surface area contributed by atoms with Gasteiger partial charge in [-0.15, -0.1) is 11.3 Å². The molecule has 200 valence electrons. The van der Waals surface area contributed by atoms with Gasteiger partial charge < -0.3 is 28.4 Å². The molecular weight excluding hydrogens is 518 g/mol. The Morgan fingerprint density at radius 3 is 2.79 bits per heavy atom. The summed E-state index contributed by atoms with van der Waals surface area (Å²) in [6.45, 7) is 1.24. The molecule has 0 radical (unpaired) electrons. The van der Waals surface area contributed by atoms with Crippen LogP contribution in [0.25, 0.3) is 10.1 Å². The molecule has 9 heteroatoms. The molecule has 0 amide bonds. The Balaban J connectivity index is 1.30. The van der Waals surface area contributed by atoms with Crippen LogP contribution in [0.1, 0.15) is 44.8 Å². The van der Waals surface area contributed by atoms with Crippen molar-refractivity contribution in [3.8, 4) is 28.7 Å². The maximum atomic E-state index is 13.5. The molecule has 3 aliphatic rings. The van der Waals surface area contributed by atoms with Gasteiger partial charge in [-0.25, -0.2) is 4.79 Å². The highest BCUT2D eigenvalue weighted by Crippen LogP contribution is 2.55. The minimum Gasteiger partial charge on any atom is -0.493 e. The maximum Gasteiger partial charge on any atom is 0.343 e. The van der Waals surface area contributed by atoms with Gasteiger partial charge in [-0.2, -0.15) is 0 Å². The van der Waals surface area contributed by atoms with Crippen LogP contribution in [0.5, 0.6) is 28.7 Å². The first kappa shape index (κ1) is 24.1. The number of hydrogen-bond acceptors (Lipinski definition) is 9. The van der Waals surface area contributed by atoms with Crippen LogP contribution >= 0.6 is 11.3 Å². The van der Waals surface area contributed by atoms with Crippen molar-refractivity contribution in [3.63, 3.8) is 0 Å². The quantitative estimate of drug-likeness (QED) is 0.287. The molecule has 0 bridgehead atoms. The van der Waals surface area contributed by atoms with Crippen molar-refractivity contribution in [1.29, 1.82) is 0 Å². The smallest absolute Gasteiger partial charge is 0.343 e. The molecule has 7 rings (SSSR count). The number of cyclic esters (lactones) is 1. The maximum absolute atomic E-state index is 13.5. The highest BCUT2D eigenvalue weighted by molar-refractivity contribution is 7.17. The number of hydrogen-bond donors (Lipinski definition) is 0. The van der Waals surface area contributed by atoms with E-state index in [1.165, 1.54) is 4.70 Å². The number of fused-ring (bicyclic) bond motifs is 4. The molecule has 8 nitrogen and oxygen atoms in total. The number of nitrogens with zero attached hydrogens (tertiary/aromatic N) is 1. The van der Waals surface area contributed by atoms with Crippen LogP contribution in [0.15, 0.2) is 47.8 Å². The van der Waals surface area contributed by atoms with Gasteiger partial charge in [-0.3, -0.25) is 4.90 Å². The van der Waals surface area contributed by atoms with Crippen LogP contribution in [0, 0.1) is 0 Å². The first-order valence-corrected chi connectivity index (χ1v) is 13.7. The first-order valence-electron chi connectivity index (χ1n) is 12.8. The summed E-state index contributed by atoms with van der Waals surface area (Å²) in [5.41, 5.74) is 4.26. The van der Waals surface area contributed by atoms with Crippen LogP contribution < -0.4 is 23.7 Å². The van der Waals surface area contributed by atoms with Crippen molar-refractivity contribution >= 4 is 27.4 Å². The van der Waals surface area contributed by atoms with Gasteiger partial charge in [0.1, 0.15) is 18.3 Å². The molecule has 3 aromatic carbocycles. The summed E-state index contributed by atoms with van der Waals surface area (Å²) in [5.74, 6) is 2.34. The molecule has 0 saturated heterocycles. The lowest BCUT2D eigenvalue weighted by Gasteiger charge is -2.38. The molecule has 4 aromatic rings. The second-order valence-corrected chi connectivity index (χ2v) is 10.7. The van der Waals surface area contributed by atoms with Crippen LogP contribution in [-0.4, -0.2) is 45.5 Å². The van der Waals surface area contributed by atoms with Gasteiger partial charge in [0.2, 0.25) is 12.5 Å². The van der Waals surface area contributed by atoms with Crippen molar-refractivity contribution in [2.24, 2.45) is 0 Å². The molecule has 0 N–H and O–H groups in total. The zero-order valence-electron chi connectivity index (χ0n) is 21.8. The van der Waals surface area contributed by atoms with E-state index >= 15 is 0 Å². The third-order valence-corrected chi connectivity index (χ3v) is 8.80. The molecule has 3 aliphatic heterocycles. The van der Waals surface area contributed by atoms with Crippen molar-refractivity contribution in [3.05, 3.63) is 75.7 Å². The van der Waals surface area contributed by atoms with Crippen molar-refractivity contribution in [2.45, 2.75) is 25.2 Å². The fraction of sp³-hybridized carbons (Fsp3) is 0.300. The number of carbonyl (C=O) groups is 1. The molecule has 2 atom stereocenters. The van der Waals surface area contributed by atoms with Gasteiger partial charge >= 0.3 is 5.97 Å². The van der Waals surface area contributed by atoms with E-state index in [-0.39, 0.29) is 12.8 Å². The van der Waals surface area contributed by atoms with Gasteiger partial charge in [-0.1, -0.05) is 24.3 Å². The molecule has 39 heavy (non-hydrogen) atoms. The Morgan fingerprint density at radius 2 is 1.95 bits per heavy atom. The van der Waals surface area contributed by atoms with Crippen LogP contribution in [0.4, 0.5) is 0 Å². The number of rotatable bonds is 6. The number of likely N-dealkylation sites (N-methyl/N-ethyl adjacent to an activating group) is 1. The van der Waals surface area contributed by atoms with E-state index in [1.54, 1.807) is 25.6 Å². The largest absolute Gasteiger partial charge is 0.493 e. The van der Waals surface area contributed by atoms with E-state index in [2.05, 4.69) is 22.4 Å². The van der Waals surface area contributed by atoms with E-state index in [4.69, 9.17) is 28.4 Å². The summed E-state index contributed by atoms with van der Waals surface area (Å²) in [6, 6.07) is 13.7. The van der Waals surface area contributed by atoms with Crippen molar-refractivity contribution < 1.29 is 33.2 Å². The fourth-order valence-electron chi connectivity index (χ4n) is 5.95. The molecule has 0 fully saturated rings. The van der Waals surface area contributed by atoms with E-state index in [9.17, 15) is 4.79 Å². The number of thiophene rings is 1. The zero-order chi connectivity index (χ0) is 26.7. The summed E-state index contributed by atoms with van der Waals surface area (Å²) >= 11 is 1.67. The Bertz CT molecular complexity index is 1610. The predicted molar refractivity (Wildman–Crippen MR) is 145 cm³/mol. The van der Waals surface area contributed by atoms with Crippen molar-refractivity contribution in [1.82, 2.24) is 4.90 Å². The average molecular weight is 546 g/mol. The van der Waals surface area contributed by atoms with E-state index in [0.717, 1.165) is 40.6 Å². The highest BCUT2D eigenvalue weighted by Gasteiger charge is 2.46. The van der Waals surface area contributed by atoms with Crippen LogP contribution in [0.3, 0.4) is 0 Å². The van der Waals surface area contributed by atoms with Gasteiger partial charge in [0.05, 0.1) is 20.3 Å². The van der Waals surface area contributed by atoms with Crippen LogP contribution in [0.2, 0.25) is 0 Å². The van der Waals surface area contributed by atoms with Gasteiger partial charge in [0, 0.05) is 27.9 Å². The highest BCUT2D eigenvalue weighted by atomic mass is 32.1. The summed E-state index contributed by atoms with van der Waals surface area (Å²) in [7, 11) is 5.24. The minimum atomic E-state index is -0.568. The van der Waals surface area contributed by atoms with Gasteiger partial charge in [0.15, 0.2) is 23.0 Å². The molecule has 0 unspecified atom stereocenters. The number of ether oxygens (including phenoxy) is 6. The topological polar surface area (TPSA) is 75.7 Å². The number of methoxy groups -OCH3 is 2. The lowest BCUT2D eigenvalue weighted by molar-refractivity contribution is 0.00871. The predicted octanol–water partition coefficient (Wildman–Crippen LogP) is 5.67. The third kappa shape index (κ3) is 3.71. The summed E-state index contributed by atoms with van der Waals surface area (Å²) in [6.07, 6.45) is 0.245. The average Bonchev–Trinajstić information content (AvgIpc) is 3.68. The first-order chi connectivity index (χ1) is 19.1. The molecule has 4 heterocycles. The Hall–Kier alpha value is -3.95. The van der Waals surface area contributed by atoms with Crippen LogP contribution in [-0.2, 0) is 17.8 Å². The SMILES string of the molecule is COc1ccc2c(c1OCc1csc3ccccc13)C(=O)O[C@@H]2[C@H]1c2c(cc3c(c2OC)OCO3)CCN1C. The summed E-state index contributed by atoms with van der Waals surface area (Å²) < 4.78 is 36.6. The fourth-order valence-corrected chi connectivity index (χ4v) is 6.89. The number of benzene rings is 3.